The number of hydrogen-bond acceptors (Lipinski definition) is 7. The van der Waals surface area contributed by atoms with E-state index in [0.29, 0.717) is 16.5 Å². The number of methoxy groups -OCH3 is 1. The second-order valence-corrected chi connectivity index (χ2v) is 6.24. The van der Waals surface area contributed by atoms with Crippen LogP contribution >= 0.6 is 0 Å². The van der Waals surface area contributed by atoms with Gasteiger partial charge < -0.3 is 13.9 Å². The average Bonchev–Trinajstić information content (AvgIpc) is 2.66. The minimum absolute atomic E-state index is 0.0251. The highest BCUT2D eigenvalue weighted by atomic mass is 16.6. The summed E-state index contributed by atoms with van der Waals surface area (Å²) in [6, 6.07) is 8.73. The van der Waals surface area contributed by atoms with Crippen LogP contribution in [0.3, 0.4) is 0 Å². The normalized spacial score (nSPS) is 10.7. The first-order valence-corrected chi connectivity index (χ1v) is 8.33. The van der Waals surface area contributed by atoms with Gasteiger partial charge in [0.05, 0.1) is 17.6 Å². The van der Waals surface area contributed by atoms with Gasteiger partial charge in [0, 0.05) is 23.1 Å². The summed E-state index contributed by atoms with van der Waals surface area (Å²) in [6.45, 7) is 3.76. The molecule has 0 saturated heterocycles. The van der Waals surface area contributed by atoms with Crippen molar-refractivity contribution < 1.29 is 23.6 Å². The van der Waals surface area contributed by atoms with Crippen LogP contribution in [0.25, 0.3) is 11.0 Å². The molecular weight excluding hydrogens is 366 g/mol. The highest BCUT2D eigenvalue weighted by Crippen LogP contribution is 2.30. The lowest BCUT2D eigenvalue weighted by Crippen LogP contribution is -2.07. The topological polar surface area (TPSA) is 109 Å². The zero-order chi connectivity index (χ0) is 20.4. The summed E-state index contributed by atoms with van der Waals surface area (Å²) in [5.74, 6) is -0.713. The van der Waals surface area contributed by atoms with Gasteiger partial charge in [-0.15, -0.1) is 0 Å². The van der Waals surface area contributed by atoms with E-state index >= 15 is 0 Å². The van der Waals surface area contributed by atoms with Crippen molar-refractivity contribution >= 4 is 22.6 Å². The molecule has 3 aromatic rings. The van der Waals surface area contributed by atoms with Gasteiger partial charge in [-0.25, -0.2) is 9.59 Å². The molecule has 0 radical (unpaired) electrons. The zero-order valence-electron chi connectivity index (χ0n) is 15.5. The van der Waals surface area contributed by atoms with E-state index in [0.717, 1.165) is 17.2 Å². The molecule has 0 fully saturated rings. The quantitative estimate of drug-likeness (QED) is 0.286. The fourth-order valence-electron chi connectivity index (χ4n) is 2.78. The molecule has 0 spiro atoms. The summed E-state index contributed by atoms with van der Waals surface area (Å²) in [4.78, 5) is 34.2. The predicted molar refractivity (Wildman–Crippen MR) is 101 cm³/mol. The highest BCUT2D eigenvalue weighted by molar-refractivity contribution is 5.90. The van der Waals surface area contributed by atoms with E-state index in [-0.39, 0.29) is 23.6 Å². The molecule has 0 aliphatic rings. The largest absolute Gasteiger partial charge is 0.482 e. The number of aryl methyl sites for hydroxylation is 2. The number of nitro groups is 1. The Morgan fingerprint density at radius 3 is 2.54 bits per heavy atom. The predicted octanol–water partition coefficient (Wildman–Crippen LogP) is 3.68. The first-order chi connectivity index (χ1) is 13.3. The smallest absolute Gasteiger partial charge is 0.338 e. The van der Waals surface area contributed by atoms with Crippen molar-refractivity contribution in [2.45, 2.75) is 20.5 Å². The van der Waals surface area contributed by atoms with Gasteiger partial charge in [0.25, 0.3) is 0 Å². The zero-order valence-corrected chi connectivity index (χ0v) is 15.5. The molecule has 8 heteroatoms. The van der Waals surface area contributed by atoms with Crippen molar-refractivity contribution in [3.8, 4) is 5.75 Å². The van der Waals surface area contributed by atoms with Gasteiger partial charge in [-0.2, -0.15) is 0 Å². The number of fused-ring (bicyclic) bond motifs is 1. The van der Waals surface area contributed by atoms with E-state index in [9.17, 15) is 19.7 Å². The fourth-order valence-corrected chi connectivity index (χ4v) is 2.78. The van der Waals surface area contributed by atoms with Crippen molar-refractivity contribution in [1.82, 2.24) is 0 Å². The van der Waals surface area contributed by atoms with Gasteiger partial charge in [0.2, 0.25) is 0 Å². The molecule has 0 N–H and O–H groups in total. The van der Waals surface area contributed by atoms with Crippen LogP contribution in [0.5, 0.6) is 5.75 Å². The van der Waals surface area contributed by atoms with Crippen LogP contribution in [0, 0.1) is 24.0 Å². The van der Waals surface area contributed by atoms with Crippen LogP contribution in [0.4, 0.5) is 5.69 Å². The molecule has 3 rings (SSSR count). The molecule has 144 valence electrons. The molecule has 0 aliphatic carbocycles. The maximum absolute atomic E-state index is 11.9. The number of esters is 1. The van der Waals surface area contributed by atoms with Crippen molar-refractivity contribution in [3.63, 3.8) is 0 Å². The summed E-state index contributed by atoms with van der Waals surface area (Å²) in [6.07, 6.45) is 0. The number of carbonyl (C=O) groups excluding carboxylic acids is 1. The van der Waals surface area contributed by atoms with Gasteiger partial charge in [0.1, 0.15) is 12.2 Å². The van der Waals surface area contributed by atoms with E-state index in [1.54, 1.807) is 6.07 Å². The van der Waals surface area contributed by atoms with Crippen molar-refractivity contribution in [1.29, 1.82) is 0 Å². The third-order valence-corrected chi connectivity index (χ3v) is 4.40. The van der Waals surface area contributed by atoms with Crippen molar-refractivity contribution in [3.05, 3.63) is 79.2 Å². The molecule has 8 nitrogen and oxygen atoms in total. The number of hydrogen-bond donors (Lipinski definition) is 0. The summed E-state index contributed by atoms with van der Waals surface area (Å²) in [5, 5.41) is 12.0. The van der Waals surface area contributed by atoms with Gasteiger partial charge in [-0.3, -0.25) is 10.1 Å². The Kier molecular flexibility index (Phi) is 5.12. The molecule has 0 amide bonds. The Morgan fingerprint density at radius 2 is 1.86 bits per heavy atom. The third-order valence-electron chi connectivity index (χ3n) is 4.40. The lowest BCUT2D eigenvalue weighted by Gasteiger charge is -2.10. The SMILES string of the molecule is COC(=O)c1ccc(OCc2cc(=O)oc3cc(C)c(C)cc23)c([N+](=O)[O-])c1. The molecule has 2 aromatic carbocycles. The Bertz CT molecular complexity index is 1150. The Balaban J connectivity index is 1.98. The van der Waals surface area contributed by atoms with Crippen LogP contribution < -0.4 is 10.4 Å². The van der Waals surface area contributed by atoms with Gasteiger partial charge in [-0.05, 0) is 49.2 Å². The molecule has 28 heavy (non-hydrogen) atoms. The molecule has 1 aromatic heterocycles. The van der Waals surface area contributed by atoms with Crippen LogP contribution in [0.2, 0.25) is 0 Å². The Labute approximate surface area is 159 Å². The maximum atomic E-state index is 11.9. The highest BCUT2D eigenvalue weighted by Gasteiger charge is 2.20. The van der Waals surface area contributed by atoms with Crippen LogP contribution in [0.15, 0.2) is 45.6 Å². The van der Waals surface area contributed by atoms with Crippen molar-refractivity contribution in [2.24, 2.45) is 0 Å². The van der Waals surface area contributed by atoms with E-state index in [4.69, 9.17) is 9.15 Å². The number of benzene rings is 2. The van der Waals surface area contributed by atoms with Gasteiger partial charge >= 0.3 is 17.3 Å². The summed E-state index contributed by atoms with van der Waals surface area (Å²) in [7, 11) is 1.19. The fraction of sp³-hybridized carbons (Fsp3) is 0.200. The minimum Gasteiger partial charge on any atom is -0.482 e. The van der Waals surface area contributed by atoms with Crippen LogP contribution in [-0.2, 0) is 11.3 Å². The van der Waals surface area contributed by atoms with E-state index in [1.807, 2.05) is 19.9 Å². The second kappa shape index (κ2) is 7.51. The molecule has 0 bridgehead atoms. The lowest BCUT2D eigenvalue weighted by molar-refractivity contribution is -0.386. The molecule has 0 aliphatic heterocycles. The van der Waals surface area contributed by atoms with E-state index in [2.05, 4.69) is 4.74 Å². The average molecular weight is 383 g/mol. The monoisotopic (exact) mass is 383 g/mol. The molecule has 1 heterocycles. The van der Waals surface area contributed by atoms with Gasteiger partial charge in [-0.1, -0.05) is 0 Å². The number of ether oxygens (including phenoxy) is 2. The standard InChI is InChI=1S/C20H17NO7/c1-11-6-15-14(9-19(22)28-18(15)7-12(11)2)10-27-17-5-4-13(20(23)26-3)8-16(17)21(24)25/h4-9H,10H2,1-3H3. The Morgan fingerprint density at radius 1 is 1.14 bits per heavy atom. The number of nitro benzene ring substituents is 1. The molecular formula is C20H17NO7. The van der Waals surface area contributed by atoms with Gasteiger partial charge in [0.15, 0.2) is 5.75 Å². The van der Waals surface area contributed by atoms with Crippen LogP contribution in [-0.4, -0.2) is 18.0 Å². The number of rotatable bonds is 5. The lowest BCUT2D eigenvalue weighted by atomic mass is 10.0. The van der Waals surface area contributed by atoms with Crippen molar-refractivity contribution in [2.75, 3.05) is 7.11 Å². The Hall–Kier alpha value is -3.68. The van der Waals surface area contributed by atoms with Crippen LogP contribution in [0.1, 0.15) is 27.0 Å². The number of nitrogens with zero attached hydrogens (tertiary/aromatic N) is 1. The summed E-state index contributed by atoms with van der Waals surface area (Å²) >= 11 is 0. The van der Waals surface area contributed by atoms with E-state index in [1.165, 1.54) is 25.3 Å². The first-order valence-electron chi connectivity index (χ1n) is 8.33. The molecule has 0 unspecified atom stereocenters. The second-order valence-electron chi connectivity index (χ2n) is 6.24. The third kappa shape index (κ3) is 3.71. The minimum atomic E-state index is -0.688. The maximum Gasteiger partial charge on any atom is 0.338 e. The molecule has 0 saturated carbocycles. The first kappa shape index (κ1) is 19.1. The van der Waals surface area contributed by atoms with E-state index < -0.39 is 16.5 Å². The summed E-state index contributed by atoms with van der Waals surface area (Å²) in [5.41, 5.74) is 2.08. The number of carbonyl (C=O) groups is 1. The molecule has 0 atom stereocenters. The summed E-state index contributed by atoms with van der Waals surface area (Å²) < 4.78 is 15.4.